The molecule has 1 aromatic heterocycles. The second-order valence-corrected chi connectivity index (χ2v) is 5.15. The van der Waals surface area contributed by atoms with Gasteiger partial charge in [-0.05, 0) is 13.3 Å². The molecule has 18 heavy (non-hydrogen) atoms. The van der Waals surface area contributed by atoms with Gasteiger partial charge in [0, 0.05) is 24.3 Å². The number of aromatic nitrogens is 2. The molecule has 1 aromatic rings. The van der Waals surface area contributed by atoms with E-state index in [9.17, 15) is 0 Å². The molecule has 0 saturated carbocycles. The summed E-state index contributed by atoms with van der Waals surface area (Å²) in [6.45, 7) is 5.28. The minimum atomic E-state index is 0.168. The van der Waals surface area contributed by atoms with Gasteiger partial charge in [0.25, 0.3) is 0 Å². The average molecular weight is 251 g/mol. The molecule has 0 fully saturated rings. The van der Waals surface area contributed by atoms with Gasteiger partial charge < -0.3 is 5.73 Å². The van der Waals surface area contributed by atoms with Gasteiger partial charge in [0.05, 0.1) is 6.20 Å². The first-order valence-corrected chi connectivity index (χ1v) is 7.55. The normalized spacial score (nSPS) is 12.8. The van der Waals surface area contributed by atoms with E-state index in [4.69, 9.17) is 5.73 Å². The predicted molar refractivity (Wildman–Crippen MR) is 77.4 cm³/mol. The molecule has 0 radical (unpaired) electrons. The van der Waals surface area contributed by atoms with Gasteiger partial charge in [0.2, 0.25) is 0 Å². The highest BCUT2D eigenvalue weighted by Gasteiger charge is 2.07. The first-order valence-electron chi connectivity index (χ1n) is 7.55. The lowest BCUT2D eigenvalue weighted by molar-refractivity contribution is 0.540. The number of hydrogen-bond acceptors (Lipinski definition) is 2. The first-order chi connectivity index (χ1) is 8.77. The minimum absolute atomic E-state index is 0.168. The Morgan fingerprint density at radius 2 is 1.78 bits per heavy atom. The number of hydrogen-bond donors (Lipinski definition) is 1. The summed E-state index contributed by atoms with van der Waals surface area (Å²) >= 11 is 0. The van der Waals surface area contributed by atoms with Crippen LogP contribution in [0, 0.1) is 0 Å². The molecule has 1 rings (SSSR count). The van der Waals surface area contributed by atoms with Crippen molar-refractivity contribution in [1.29, 1.82) is 0 Å². The molecule has 104 valence electrons. The lowest BCUT2D eigenvalue weighted by Gasteiger charge is -2.08. The standard InChI is InChI=1S/C15H29N3/c1-3-5-6-7-8-9-10-11-15(16)14-12-17-18(4-2)13-14/h12-13,15H,3-11,16H2,1-2H3. The molecule has 0 saturated heterocycles. The Morgan fingerprint density at radius 3 is 2.39 bits per heavy atom. The van der Waals surface area contributed by atoms with Gasteiger partial charge in [-0.25, -0.2) is 0 Å². The highest BCUT2D eigenvalue weighted by Crippen LogP contribution is 2.17. The molecule has 0 spiro atoms. The highest BCUT2D eigenvalue weighted by molar-refractivity contribution is 5.09. The van der Waals surface area contributed by atoms with Crippen molar-refractivity contribution < 1.29 is 0 Å². The Morgan fingerprint density at radius 1 is 1.11 bits per heavy atom. The Hall–Kier alpha value is -0.830. The summed E-state index contributed by atoms with van der Waals surface area (Å²) in [5, 5.41) is 4.27. The Balaban J connectivity index is 2.08. The van der Waals surface area contributed by atoms with E-state index in [0.29, 0.717) is 0 Å². The van der Waals surface area contributed by atoms with Crippen molar-refractivity contribution in [3.8, 4) is 0 Å². The lowest BCUT2D eigenvalue weighted by atomic mass is 10.0. The van der Waals surface area contributed by atoms with Gasteiger partial charge >= 0.3 is 0 Å². The number of rotatable bonds is 10. The SMILES string of the molecule is CCCCCCCCCC(N)c1cnn(CC)c1. The highest BCUT2D eigenvalue weighted by atomic mass is 15.3. The van der Waals surface area contributed by atoms with Gasteiger partial charge in [-0.2, -0.15) is 5.10 Å². The van der Waals surface area contributed by atoms with Gasteiger partial charge in [-0.3, -0.25) is 4.68 Å². The summed E-state index contributed by atoms with van der Waals surface area (Å²) in [5.74, 6) is 0. The molecule has 1 unspecified atom stereocenters. The van der Waals surface area contributed by atoms with Crippen molar-refractivity contribution in [3.63, 3.8) is 0 Å². The second kappa shape index (κ2) is 9.15. The average Bonchev–Trinajstić information content (AvgIpc) is 2.86. The van der Waals surface area contributed by atoms with Crippen LogP contribution in [0.2, 0.25) is 0 Å². The fourth-order valence-electron chi connectivity index (χ4n) is 2.23. The molecular formula is C15H29N3. The van der Waals surface area contributed by atoms with E-state index >= 15 is 0 Å². The third kappa shape index (κ3) is 5.67. The molecular weight excluding hydrogens is 222 g/mol. The number of aryl methyl sites for hydroxylation is 1. The maximum atomic E-state index is 6.17. The zero-order chi connectivity index (χ0) is 13.2. The Labute approximate surface area is 112 Å². The Kier molecular flexibility index (Phi) is 7.74. The second-order valence-electron chi connectivity index (χ2n) is 5.15. The maximum absolute atomic E-state index is 6.17. The smallest absolute Gasteiger partial charge is 0.0537 e. The van der Waals surface area contributed by atoms with Crippen LogP contribution in [0.3, 0.4) is 0 Å². The fourth-order valence-corrected chi connectivity index (χ4v) is 2.23. The van der Waals surface area contributed by atoms with E-state index in [1.165, 1.54) is 50.5 Å². The molecule has 0 aromatic carbocycles. The van der Waals surface area contributed by atoms with E-state index in [-0.39, 0.29) is 6.04 Å². The van der Waals surface area contributed by atoms with E-state index < -0.39 is 0 Å². The molecule has 0 amide bonds. The molecule has 0 aliphatic heterocycles. The van der Waals surface area contributed by atoms with Crippen LogP contribution in [0.4, 0.5) is 0 Å². The molecule has 0 aliphatic rings. The number of nitrogens with zero attached hydrogens (tertiary/aromatic N) is 2. The quantitative estimate of drug-likeness (QED) is 0.638. The van der Waals surface area contributed by atoms with Crippen LogP contribution in [-0.4, -0.2) is 9.78 Å². The number of unbranched alkanes of at least 4 members (excludes halogenated alkanes) is 6. The summed E-state index contributed by atoms with van der Waals surface area (Å²) in [7, 11) is 0. The van der Waals surface area contributed by atoms with Gasteiger partial charge in [0.15, 0.2) is 0 Å². The zero-order valence-electron chi connectivity index (χ0n) is 12.1. The van der Waals surface area contributed by atoms with E-state index in [1.54, 1.807) is 0 Å². The molecule has 2 N–H and O–H groups in total. The van der Waals surface area contributed by atoms with E-state index in [2.05, 4.69) is 25.1 Å². The van der Waals surface area contributed by atoms with Crippen molar-refractivity contribution in [2.75, 3.05) is 0 Å². The summed E-state index contributed by atoms with van der Waals surface area (Å²) in [4.78, 5) is 0. The van der Waals surface area contributed by atoms with Crippen molar-refractivity contribution in [2.24, 2.45) is 5.73 Å². The van der Waals surface area contributed by atoms with Crippen molar-refractivity contribution >= 4 is 0 Å². The largest absolute Gasteiger partial charge is 0.324 e. The maximum Gasteiger partial charge on any atom is 0.0537 e. The van der Waals surface area contributed by atoms with Crippen LogP contribution in [-0.2, 0) is 6.54 Å². The van der Waals surface area contributed by atoms with Crippen LogP contribution in [0.15, 0.2) is 12.4 Å². The van der Waals surface area contributed by atoms with Crippen molar-refractivity contribution in [3.05, 3.63) is 18.0 Å². The zero-order valence-corrected chi connectivity index (χ0v) is 12.1. The molecule has 1 heterocycles. The monoisotopic (exact) mass is 251 g/mol. The fraction of sp³-hybridized carbons (Fsp3) is 0.800. The van der Waals surface area contributed by atoms with E-state index in [0.717, 1.165) is 13.0 Å². The van der Waals surface area contributed by atoms with Crippen molar-refractivity contribution in [1.82, 2.24) is 9.78 Å². The molecule has 3 nitrogen and oxygen atoms in total. The van der Waals surface area contributed by atoms with Crippen LogP contribution in [0.25, 0.3) is 0 Å². The van der Waals surface area contributed by atoms with Crippen LogP contribution in [0.1, 0.15) is 76.8 Å². The Bertz CT molecular complexity index is 306. The van der Waals surface area contributed by atoms with Gasteiger partial charge in [-0.15, -0.1) is 0 Å². The van der Waals surface area contributed by atoms with E-state index in [1.807, 2.05) is 10.9 Å². The predicted octanol–water partition coefficient (Wildman–Crippen LogP) is 4.04. The van der Waals surface area contributed by atoms with Crippen LogP contribution in [0.5, 0.6) is 0 Å². The lowest BCUT2D eigenvalue weighted by Crippen LogP contribution is -2.09. The molecule has 3 heteroatoms. The third-order valence-electron chi connectivity index (χ3n) is 3.52. The van der Waals surface area contributed by atoms with Gasteiger partial charge in [0.1, 0.15) is 0 Å². The summed E-state index contributed by atoms with van der Waals surface area (Å²) < 4.78 is 1.94. The summed E-state index contributed by atoms with van der Waals surface area (Å²) in [6, 6.07) is 0.168. The first kappa shape index (κ1) is 15.2. The summed E-state index contributed by atoms with van der Waals surface area (Å²) in [6.07, 6.45) is 14.5. The van der Waals surface area contributed by atoms with Crippen molar-refractivity contribution in [2.45, 2.75) is 77.8 Å². The molecule has 1 atom stereocenters. The third-order valence-corrected chi connectivity index (χ3v) is 3.52. The number of nitrogens with two attached hydrogens (primary N) is 1. The summed E-state index contributed by atoms with van der Waals surface area (Å²) in [5.41, 5.74) is 7.36. The minimum Gasteiger partial charge on any atom is -0.324 e. The molecule has 0 bridgehead atoms. The van der Waals surface area contributed by atoms with Gasteiger partial charge in [-0.1, -0.05) is 51.9 Å². The van der Waals surface area contributed by atoms with Crippen LogP contribution >= 0.6 is 0 Å². The van der Waals surface area contributed by atoms with Crippen LogP contribution < -0.4 is 5.73 Å². The molecule has 0 aliphatic carbocycles. The topological polar surface area (TPSA) is 43.8 Å².